The minimum Gasteiger partial charge on any atom is -0.373 e. The van der Waals surface area contributed by atoms with E-state index in [9.17, 15) is 18.4 Å². The van der Waals surface area contributed by atoms with Gasteiger partial charge in [0.05, 0.1) is 24.6 Å². The number of aromatic nitrogens is 1. The lowest BCUT2D eigenvalue weighted by Gasteiger charge is -2.35. The third-order valence-corrected chi connectivity index (χ3v) is 5.56. The Labute approximate surface area is 175 Å². The normalized spacial score (nSPS) is 16.9. The van der Waals surface area contributed by atoms with Crippen LogP contribution in [0.25, 0.3) is 10.8 Å². The van der Waals surface area contributed by atoms with Gasteiger partial charge in [0.1, 0.15) is 6.04 Å². The van der Waals surface area contributed by atoms with E-state index in [0.717, 1.165) is 12.1 Å². The minimum absolute atomic E-state index is 0.000427. The average molecular weight is 434 g/mol. The number of hydrogen-bond donors (Lipinski definition) is 2. The molecule has 1 aliphatic rings. The molecule has 4 rings (SSSR count). The topological polar surface area (TPSA) is 88.4 Å². The number of H-pyrrole nitrogens is 1. The summed E-state index contributed by atoms with van der Waals surface area (Å²) in [6, 6.07) is 6.86. The van der Waals surface area contributed by atoms with Gasteiger partial charge in [-0.05, 0) is 35.2 Å². The Hall–Kier alpha value is -2.81. The Kier molecular flexibility index (Phi) is 5.31. The lowest BCUT2D eigenvalue weighted by molar-refractivity contribution is -0.135. The Morgan fingerprint density at radius 3 is 2.67 bits per heavy atom. The molecule has 0 fully saturated rings. The Morgan fingerprint density at radius 2 is 1.97 bits per heavy atom. The van der Waals surface area contributed by atoms with E-state index >= 15 is 0 Å². The third-order valence-electron chi connectivity index (χ3n) is 5.33. The van der Waals surface area contributed by atoms with E-state index in [1.807, 2.05) is 0 Å². The Balaban J connectivity index is 1.78. The summed E-state index contributed by atoms with van der Waals surface area (Å²) >= 11 is 6.00. The molecule has 30 heavy (non-hydrogen) atoms. The fourth-order valence-corrected chi connectivity index (χ4v) is 3.96. The molecule has 0 radical (unpaired) electrons. The summed E-state index contributed by atoms with van der Waals surface area (Å²) in [6.07, 6.45) is 0. The number of nitrogens with two attached hydrogens (primary N) is 1. The molecule has 3 aromatic rings. The predicted octanol–water partition coefficient (Wildman–Crippen LogP) is 3.19. The summed E-state index contributed by atoms with van der Waals surface area (Å²) in [7, 11) is 1.55. The number of ether oxygens (including phenoxy) is 1. The first-order valence-corrected chi connectivity index (χ1v) is 9.55. The van der Waals surface area contributed by atoms with Gasteiger partial charge in [-0.3, -0.25) is 9.59 Å². The predicted molar refractivity (Wildman–Crippen MR) is 108 cm³/mol. The first-order chi connectivity index (χ1) is 14.3. The van der Waals surface area contributed by atoms with E-state index in [4.69, 9.17) is 22.1 Å². The van der Waals surface area contributed by atoms with Gasteiger partial charge < -0.3 is 20.4 Å². The number of nitrogens with zero attached hydrogens (tertiary/aromatic N) is 1. The maximum absolute atomic E-state index is 14.0. The van der Waals surface area contributed by atoms with Gasteiger partial charge >= 0.3 is 0 Å². The van der Waals surface area contributed by atoms with E-state index in [1.54, 1.807) is 31.3 Å². The van der Waals surface area contributed by atoms with Crippen molar-refractivity contribution in [3.05, 3.63) is 80.2 Å². The van der Waals surface area contributed by atoms with Gasteiger partial charge in [0.25, 0.3) is 5.56 Å². The molecule has 0 saturated carbocycles. The Bertz CT molecular complexity index is 1210. The van der Waals surface area contributed by atoms with E-state index < -0.39 is 35.2 Å². The van der Waals surface area contributed by atoms with Crippen LogP contribution in [0.4, 0.5) is 8.78 Å². The standard InChI is InChI=1S/C21H18ClF2N3O3/c1-27(21(29)19(25)10-3-2-4-11(22)5-10)17-9-30-8-16-18(17)12-6-14(23)15(24)7-13(12)20(28)26-16/h2-7,17,19H,8-9,25H2,1H3,(H,26,28)/t17-,19+/m1/s1. The second kappa shape index (κ2) is 7.79. The van der Waals surface area contributed by atoms with Gasteiger partial charge in [-0.25, -0.2) is 8.78 Å². The van der Waals surface area contributed by atoms with Crippen molar-refractivity contribution >= 4 is 28.3 Å². The fraction of sp³-hybridized carbons (Fsp3) is 0.238. The first-order valence-electron chi connectivity index (χ1n) is 9.17. The fourth-order valence-electron chi connectivity index (χ4n) is 3.76. The summed E-state index contributed by atoms with van der Waals surface area (Å²) in [6.45, 7) is 0.191. The molecule has 6 nitrogen and oxygen atoms in total. The van der Waals surface area contributed by atoms with Crippen LogP contribution in [-0.2, 0) is 16.1 Å². The van der Waals surface area contributed by atoms with Crippen LogP contribution >= 0.6 is 11.6 Å². The molecule has 0 bridgehead atoms. The highest BCUT2D eigenvalue weighted by Crippen LogP contribution is 2.34. The van der Waals surface area contributed by atoms with Crippen molar-refractivity contribution in [1.29, 1.82) is 0 Å². The number of carbonyl (C=O) groups excluding carboxylic acids is 1. The lowest BCUT2D eigenvalue weighted by Crippen LogP contribution is -2.42. The van der Waals surface area contributed by atoms with Crippen molar-refractivity contribution in [1.82, 2.24) is 9.88 Å². The number of carbonyl (C=O) groups is 1. The number of fused-ring (bicyclic) bond motifs is 3. The molecular weight excluding hydrogens is 416 g/mol. The first kappa shape index (κ1) is 20.5. The van der Waals surface area contributed by atoms with Gasteiger partial charge in [-0.15, -0.1) is 0 Å². The Morgan fingerprint density at radius 1 is 1.27 bits per heavy atom. The summed E-state index contributed by atoms with van der Waals surface area (Å²) in [5, 5.41) is 0.683. The molecule has 0 aliphatic carbocycles. The quantitative estimate of drug-likeness (QED) is 0.664. The second-order valence-corrected chi connectivity index (χ2v) is 7.61. The van der Waals surface area contributed by atoms with Crippen LogP contribution in [0.5, 0.6) is 0 Å². The molecule has 0 spiro atoms. The van der Waals surface area contributed by atoms with Crippen molar-refractivity contribution in [3.63, 3.8) is 0 Å². The molecule has 0 saturated heterocycles. The summed E-state index contributed by atoms with van der Waals surface area (Å²) < 4.78 is 33.3. The van der Waals surface area contributed by atoms with Gasteiger partial charge in [0.2, 0.25) is 5.91 Å². The molecule has 2 heterocycles. The van der Waals surface area contributed by atoms with Crippen molar-refractivity contribution in [2.45, 2.75) is 18.7 Å². The smallest absolute Gasteiger partial charge is 0.256 e. The monoisotopic (exact) mass is 433 g/mol. The van der Waals surface area contributed by atoms with Crippen LogP contribution in [0.15, 0.2) is 41.2 Å². The van der Waals surface area contributed by atoms with E-state index in [0.29, 0.717) is 21.8 Å². The van der Waals surface area contributed by atoms with Gasteiger partial charge in [-0.2, -0.15) is 0 Å². The van der Waals surface area contributed by atoms with E-state index in [1.165, 1.54) is 4.90 Å². The minimum atomic E-state index is -1.12. The zero-order valence-electron chi connectivity index (χ0n) is 15.9. The number of halogens is 3. The van der Waals surface area contributed by atoms with Crippen molar-refractivity contribution in [3.8, 4) is 0 Å². The van der Waals surface area contributed by atoms with E-state index in [2.05, 4.69) is 4.98 Å². The zero-order chi connectivity index (χ0) is 21.6. The maximum atomic E-state index is 14.0. The summed E-state index contributed by atoms with van der Waals surface area (Å²) in [5.41, 5.74) is 7.05. The number of pyridine rings is 1. The van der Waals surface area contributed by atoms with Crippen molar-refractivity contribution in [2.75, 3.05) is 13.7 Å². The van der Waals surface area contributed by atoms with Crippen molar-refractivity contribution in [2.24, 2.45) is 5.73 Å². The highest BCUT2D eigenvalue weighted by atomic mass is 35.5. The average Bonchev–Trinajstić information content (AvgIpc) is 2.73. The molecule has 1 aliphatic heterocycles. The lowest BCUT2D eigenvalue weighted by atomic mass is 9.94. The molecule has 2 atom stereocenters. The molecule has 1 aromatic heterocycles. The largest absolute Gasteiger partial charge is 0.373 e. The number of amides is 1. The second-order valence-electron chi connectivity index (χ2n) is 7.17. The van der Waals surface area contributed by atoms with Crippen LogP contribution in [-0.4, -0.2) is 29.4 Å². The van der Waals surface area contributed by atoms with E-state index in [-0.39, 0.29) is 24.0 Å². The highest BCUT2D eigenvalue weighted by molar-refractivity contribution is 6.30. The number of likely N-dealkylation sites (N-methyl/N-ethyl adjacent to an activating group) is 1. The number of hydrogen-bond acceptors (Lipinski definition) is 4. The van der Waals surface area contributed by atoms with Gasteiger partial charge in [0.15, 0.2) is 11.6 Å². The molecule has 156 valence electrons. The van der Waals surface area contributed by atoms with Crippen LogP contribution in [0, 0.1) is 11.6 Å². The molecule has 2 aromatic carbocycles. The van der Waals surface area contributed by atoms with Crippen LogP contribution in [0.1, 0.15) is 28.9 Å². The van der Waals surface area contributed by atoms with Crippen LogP contribution in [0.2, 0.25) is 5.02 Å². The third kappa shape index (κ3) is 3.47. The SMILES string of the molecule is CN(C(=O)[C@@H](N)c1cccc(Cl)c1)[C@@H]1COCc2[nH]c(=O)c3cc(F)c(F)cc3c21. The summed E-state index contributed by atoms with van der Waals surface area (Å²) in [5.74, 6) is -2.62. The molecule has 3 N–H and O–H groups in total. The molecular formula is C21H18ClF2N3O3. The van der Waals surface area contributed by atoms with Crippen molar-refractivity contribution < 1.29 is 18.3 Å². The zero-order valence-corrected chi connectivity index (χ0v) is 16.7. The van der Waals surface area contributed by atoms with Gasteiger partial charge in [-0.1, -0.05) is 23.7 Å². The molecule has 1 amide bonds. The maximum Gasteiger partial charge on any atom is 0.256 e. The van der Waals surface area contributed by atoms with Crippen LogP contribution < -0.4 is 11.3 Å². The van der Waals surface area contributed by atoms with Crippen LogP contribution in [0.3, 0.4) is 0 Å². The number of rotatable bonds is 3. The highest BCUT2D eigenvalue weighted by Gasteiger charge is 2.33. The summed E-state index contributed by atoms with van der Waals surface area (Å²) in [4.78, 5) is 29.5. The molecule has 0 unspecified atom stereocenters. The number of benzene rings is 2. The number of nitrogens with one attached hydrogen (secondary N) is 1. The van der Waals surface area contributed by atoms with Gasteiger partial charge in [0, 0.05) is 23.3 Å². The number of aromatic amines is 1. The molecule has 9 heteroatoms.